The lowest BCUT2D eigenvalue weighted by atomic mass is 9.83. The average molecular weight is 739 g/mol. The molecule has 1 aromatic rings. The summed E-state index contributed by atoms with van der Waals surface area (Å²) in [5.41, 5.74) is 4.26. The van der Waals surface area contributed by atoms with E-state index in [-0.39, 0.29) is 25.0 Å². The predicted molar refractivity (Wildman–Crippen MR) is 198 cm³/mol. The Bertz CT molecular complexity index is 1620. The van der Waals surface area contributed by atoms with Crippen molar-refractivity contribution in [1.82, 2.24) is 4.98 Å². The van der Waals surface area contributed by atoms with Gasteiger partial charge in [0.1, 0.15) is 23.8 Å². The molecule has 0 amide bonds. The fourth-order valence-electron chi connectivity index (χ4n) is 7.46. The van der Waals surface area contributed by atoms with Crippen LogP contribution in [0.25, 0.3) is 0 Å². The van der Waals surface area contributed by atoms with E-state index in [2.05, 4.69) is 31.8 Å². The number of aromatic nitrogens is 1. The normalized spacial score (nSPS) is 32.4. The number of hydrogen-bond donors (Lipinski definition) is 2. The minimum atomic E-state index is -1.46. The minimum absolute atomic E-state index is 0.0741. The second-order valence-electron chi connectivity index (χ2n) is 16.0. The summed E-state index contributed by atoms with van der Waals surface area (Å²) in [7, 11) is 1.71. The van der Waals surface area contributed by atoms with Gasteiger partial charge >= 0.3 is 17.9 Å². The van der Waals surface area contributed by atoms with Crippen LogP contribution in [0.5, 0.6) is 0 Å². The Morgan fingerprint density at radius 1 is 1.11 bits per heavy atom. The Hall–Kier alpha value is -3.74. The molecule has 53 heavy (non-hydrogen) atoms. The van der Waals surface area contributed by atoms with Crippen molar-refractivity contribution in [3.05, 3.63) is 58.0 Å². The van der Waals surface area contributed by atoms with Crippen LogP contribution in [0, 0.1) is 23.2 Å². The molecular weight excluding hydrogens is 680 g/mol. The van der Waals surface area contributed by atoms with Crippen molar-refractivity contribution in [3.8, 4) is 0 Å². The number of aliphatic hydroxyl groups is 1. The fourth-order valence-corrected chi connectivity index (χ4v) is 7.46. The zero-order valence-electron chi connectivity index (χ0n) is 32.6. The predicted octanol–water partition coefficient (Wildman–Crippen LogP) is 5.58. The minimum Gasteiger partial charge on any atom is -0.467 e. The smallest absolute Gasteiger partial charge is 0.318 e. The lowest BCUT2D eigenvalue weighted by Gasteiger charge is -2.28. The Balaban J connectivity index is 1.52. The first kappa shape index (κ1) is 40.4. The molecule has 2 N–H and O–H groups in total. The van der Waals surface area contributed by atoms with Gasteiger partial charge in [-0.3, -0.25) is 14.4 Å². The van der Waals surface area contributed by atoms with Crippen LogP contribution in [0.3, 0.4) is 0 Å². The van der Waals surface area contributed by atoms with Gasteiger partial charge in [-0.1, -0.05) is 39.3 Å². The molecule has 0 saturated carbocycles. The maximum Gasteiger partial charge on any atom is 0.318 e. The number of nitrogens with zero attached hydrogens (tertiary/aromatic N) is 1. The number of cyclic esters (lactones) is 1. The molecule has 4 bridgehead atoms. The number of H-pyrrole nitrogens is 1. The number of aliphatic imine (C=N–C) groups is 1. The third kappa shape index (κ3) is 9.50. The molecule has 292 valence electrons. The van der Waals surface area contributed by atoms with E-state index in [4.69, 9.17) is 33.4 Å². The highest BCUT2D eigenvalue weighted by atomic mass is 16.6. The molecule has 2 fully saturated rings. The van der Waals surface area contributed by atoms with Gasteiger partial charge < -0.3 is 38.5 Å². The van der Waals surface area contributed by atoms with Crippen molar-refractivity contribution in [2.75, 3.05) is 33.5 Å². The topological polar surface area (TPSA) is 155 Å². The van der Waals surface area contributed by atoms with Crippen LogP contribution in [-0.4, -0.2) is 97.9 Å². The number of aromatic amines is 1. The fraction of sp³-hybridized carbons (Fsp3) is 0.659. The number of rotatable bonds is 10. The van der Waals surface area contributed by atoms with E-state index in [1.165, 1.54) is 18.1 Å². The van der Waals surface area contributed by atoms with Crippen LogP contribution in [0.15, 0.2) is 51.6 Å². The largest absolute Gasteiger partial charge is 0.467 e. The Morgan fingerprint density at radius 3 is 2.57 bits per heavy atom. The number of aliphatic hydroxyl groups excluding tert-OH is 1. The van der Waals surface area contributed by atoms with Crippen molar-refractivity contribution in [2.45, 2.75) is 117 Å². The van der Waals surface area contributed by atoms with Gasteiger partial charge in [0.15, 0.2) is 18.3 Å². The molecule has 12 heteroatoms. The molecule has 0 spiro atoms. The van der Waals surface area contributed by atoms with Crippen molar-refractivity contribution < 1.29 is 47.9 Å². The third-order valence-electron chi connectivity index (χ3n) is 10.6. The molecule has 0 aromatic carbocycles. The lowest BCUT2D eigenvalue weighted by Crippen LogP contribution is -2.43. The number of carbonyl (C=O) groups excluding carboxylic acids is 3. The van der Waals surface area contributed by atoms with Gasteiger partial charge in [0.05, 0.1) is 31.7 Å². The van der Waals surface area contributed by atoms with Crippen LogP contribution in [0.4, 0.5) is 0 Å². The van der Waals surface area contributed by atoms with Crippen molar-refractivity contribution in [2.24, 2.45) is 28.2 Å². The lowest BCUT2D eigenvalue weighted by molar-refractivity contribution is -0.164. The zero-order valence-corrected chi connectivity index (χ0v) is 32.6. The zero-order chi connectivity index (χ0) is 38.4. The van der Waals surface area contributed by atoms with Gasteiger partial charge in [0.2, 0.25) is 5.90 Å². The van der Waals surface area contributed by atoms with Crippen LogP contribution in [0.2, 0.25) is 0 Å². The Morgan fingerprint density at radius 2 is 1.87 bits per heavy atom. The van der Waals surface area contributed by atoms with Crippen LogP contribution >= 0.6 is 0 Å². The van der Waals surface area contributed by atoms with Crippen molar-refractivity contribution in [1.29, 1.82) is 0 Å². The highest BCUT2D eigenvalue weighted by molar-refractivity contribution is 5.94. The molecule has 4 aliphatic heterocycles. The van der Waals surface area contributed by atoms with Crippen LogP contribution in [0.1, 0.15) is 92.0 Å². The Kier molecular flexibility index (Phi) is 13.4. The van der Waals surface area contributed by atoms with Gasteiger partial charge in [-0.2, -0.15) is 0 Å². The Labute approximate surface area is 313 Å². The monoisotopic (exact) mass is 738 g/mol. The van der Waals surface area contributed by atoms with E-state index in [1.807, 2.05) is 32.1 Å². The number of nitrogens with one attached hydrogen (secondary N) is 1. The summed E-state index contributed by atoms with van der Waals surface area (Å²) in [6.07, 6.45) is 4.56. The molecule has 5 heterocycles. The summed E-state index contributed by atoms with van der Waals surface area (Å²) in [6.45, 7) is 14.3. The second-order valence-corrected chi connectivity index (χ2v) is 16.0. The van der Waals surface area contributed by atoms with E-state index in [0.717, 1.165) is 30.5 Å². The van der Waals surface area contributed by atoms with E-state index in [0.29, 0.717) is 49.1 Å². The number of allylic oxidation sites excluding steroid dienone is 2. The quantitative estimate of drug-likeness (QED) is 0.135. The summed E-state index contributed by atoms with van der Waals surface area (Å²) in [6, 6.07) is 3.36. The highest BCUT2D eigenvalue weighted by Crippen LogP contribution is 2.40. The van der Waals surface area contributed by atoms with E-state index >= 15 is 0 Å². The first-order valence-corrected chi connectivity index (χ1v) is 19.0. The summed E-state index contributed by atoms with van der Waals surface area (Å²) in [4.78, 5) is 48.7. The van der Waals surface area contributed by atoms with Gasteiger partial charge in [-0.25, -0.2) is 4.99 Å². The molecule has 1 aromatic heterocycles. The summed E-state index contributed by atoms with van der Waals surface area (Å²) in [5, 5.41) is 10.3. The summed E-state index contributed by atoms with van der Waals surface area (Å²) >= 11 is 0. The van der Waals surface area contributed by atoms with Gasteiger partial charge in [0.25, 0.3) is 0 Å². The van der Waals surface area contributed by atoms with Gasteiger partial charge in [0, 0.05) is 25.8 Å². The maximum absolute atomic E-state index is 13.8. The highest BCUT2D eigenvalue weighted by Gasteiger charge is 2.57. The van der Waals surface area contributed by atoms with Crippen LogP contribution in [-0.2, 0) is 49.2 Å². The molecule has 2 saturated heterocycles. The number of esters is 3. The van der Waals surface area contributed by atoms with Gasteiger partial charge in [-0.05, 0) is 93.2 Å². The number of carbonyl (C=O) groups is 3. The van der Waals surface area contributed by atoms with E-state index < -0.39 is 60.2 Å². The molecule has 12 nitrogen and oxygen atoms in total. The molecule has 0 aliphatic carbocycles. The molecule has 5 rings (SSSR count). The maximum atomic E-state index is 13.8. The molecule has 1 unspecified atom stereocenters. The third-order valence-corrected chi connectivity index (χ3v) is 10.6. The molecule has 4 aliphatic rings. The van der Waals surface area contributed by atoms with Crippen molar-refractivity contribution in [3.63, 3.8) is 0 Å². The second kappa shape index (κ2) is 17.6. The van der Waals surface area contributed by atoms with E-state index in [1.54, 1.807) is 14.0 Å². The number of ether oxygens (including phenoxy) is 6. The standard InChI is InChI=1S/C41H58N2O10/c1-23(2)16-27-18-35(45)52-37-36(53-40(47)41(37,7)22-44)26(6)11-12-28-13-14-31(42-28)38-43-32(34(51-38)21-50-39(27)46)19-29-30(25(5)10-9-15-48-8)20-49-33(29)17-24(3)4/h11,13-14,19,23-24,27,32-34,36-37,42,44H,9-10,12,15-18,20-22H2,1-8H3/b26-11+,29-19-,30-25+/t27-,32-,33?,34-,36-,37-,41+/m0/s1. The number of fused-ring (bicyclic) bond motifs is 6. The molecular formula is C41H58N2O10. The van der Waals surface area contributed by atoms with E-state index in [9.17, 15) is 19.5 Å². The van der Waals surface area contributed by atoms with Crippen LogP contribution < -0.4 is 0 Å². The summed E-state index contributed by atoms with van der Waals surface area (Å²) in [5.74, 6) is -1.78. The molecule has 7 atom stereocenters. The summed E-state index contributed by atoms with van der Waals surface area (Å²) < 4.78 is 35.7. The SMILES string of the molecule is COCCC/C(C)=C1\COC(CC(C)C)\C1=C/[C@@H]1N=C2O[C@H]1COC(=O)[C@@H](CC(C)C)CC(=O)O[C@H]1[C@@H](OC(=O)[C@]1(C)CO)/C(C)=C/Cc1ccc2[nH]1. The average Bonchev–Trinajstić information content (AvgIpc) is 3.89. The first-order valence-electron chi connectivity index (χ1n) is 19.0. The van der Waals surface area contributed by atoms with Crippen molar-refractivity contribution >= 4 is 23.8 Å². The first-order chi connectivity index (χ1) is 25.2. The number of hydrogen-bond acceptors (Lipinski definition) is 11. The van der Waals surface area contributed by atoms with Gasteiger partial charge in [-0.15, -0.1) is 0 Å². The molecule has 0 radical (unpaired) electrons. The number of methoxy groups -OCH3 is 1.